The summed E-state index contributed by atoms with van der Waals surface area (Å²) in [6.07, 6.45) is 1.49. The average Bonchev–Trinajstić information content (AvgIpc) is 2.31. The summed E-state index contributed by atoms with van der Waals surface area (Å²) in [5.74, 6) is 0.320. The molecule has 2 atom stereocenters. The van der Waals surface area contributed by atoms with Crippen LogP contribution in [0.25, 0.3) is 0 Å². The summed E-state index contributed by atoms with van der Waals surface area (Å²) in [5.41, 5.74) is -0.257. The van der Waals surface area contributed by atoms with Gasteiger partial charge < -0.3 is 14.2 Å². The van der Waals surface area contributed by atoms with Crippen LogP contribution in [0.3, 0.4) is 0 Å². The summed E-state index contributed by atoms with van der Waals surface area (Å²) in [6.45, 7) is 6.33. The maximum atomic E-state index is 11.4. The molecule has 94 valence electrons. The van der Waals surface area contributed by atoms with E-state index in [-0.39, 0.29) is 11.5 Å². The Morgan fingerprint density at radius 3 is 2.56 bits per heavy atom. The zero-order valence-electron chi connectivity index (χ0n) is 10.5. The van der Waals surface area contributed by atoms with Crippen molar-refractivity contribution in [2.45, 2.75) is 32.8 Å². The molecule has 0 amide bonds. The van der Waals surface area contributed by atoms with Crippen LogP contribution in [0.2, 0.25) is 0 Å². The number of carbonyl (C=O) groups excluding carboxylic acids is 1. The monoisotopic (exact) mass is 230 g/mol. The van der Waals surface area contributed by atoms with Gasteiger partial charge in [0.15, 0.2) is 0 Å². The van der Waals surface area contributed by atoms with Crippen LogP contribution in [0.4, 0.5) is 0 Å². The van der Waals surface area contributed by atoms with Crippen molar-refractivity contribution in [1.29, 1.82) is 0 Å². The van der Waals surface area contributed by atoms with E-state index in [1.807, 2.05) is 13.8 Å². The zero-order valence-corrected chi connectivity index (χ0v) is 10.5. The number of hydrogen-bond acceptors (Lipinski definition) is 4. The maximum Gasteiger partial charge on any atom is 0.143 e. The highest BCUT2D eigenvalue weighted by atomic mass is 16.5. The summed E-state index contributed by atoms with van der Waals surface area (Å²) in [5, 5.41) is 0. The van der Waals surface area contributed by atoms with Crippen LogP contribution in [0.5, 0.6) is 0 Å². The Hall–Kier alpha value is -0.450. The first kappa shape index (κ1) is 13.6. The Balaban J connectivity index is 2.08. The third-order valence-electron chi connectivity index (χ3n) is 3.43. The maximum absolute atomic E-state index is 11.4. The van der Waals surface area contributed by atoms with Crippen molar-refractivity contribution in [3.05, 3.63) is 0 Å². The second-order valence-corrected chi connectivity index (χ2v) is 4.36. The summed E-state index contributed by atoms with van der Waals surface area (Å²) in [7, 11) is 1.65. The van der Waals surface area contributed by atoms with Gasteiger partial charge in [0.1, 0.15) is 5.78 Å². The van der Waals surface area contributed by atoms with Crippen molar-refractivity contribution < 1.29 is 19.0 Å². The molecule has 0 saturated heterocycles. The molecule has 0 spiro atoms. The number of carbonyl (C=O) groups is 1. The molecule has 0 aromatic heterocycles. The molecule has 1 aliphatic rings. The average molecular weight is 230 g/mol. The van der Waals surface area contributed by atoms with Crippen molar-refractivity contribution in [3.8, 4) is 0 Å². The minimum absolute atomic E-state index is 0.0797. The molecule has 0 aromatic rings. The van der Waals surface area contributed by atoms with Gasteiger partial charge in [-0.2, -0.15) is 0 Å². The Labute approximate surface area is 97.2 Å². The van der Waals surface area contributed by atoms with Crippen LogP contribution in [0.1, 0.15) is 26.7 Å². The van der Waals surface area contributed by atoms with Gasteiger partial charge in [-0.1, -0.05) is 13.8 Å². The fourth-order valence-electron chi connectivity index (χ4n) is 1.84. The van der Waals surface area contributed by atoms with Gasteiger partial charge in [0.05, 0.1) is 37.9 Å². The lowest BCUT2D eigenvalue weighted by atomic mass is 9.64. The predicted molar refractivity (Wildman–Crippen MR) is 60.5 cm³/mol. The first-order valence-corrected chi connectivity index (χ1v) is 5.86. The molecule has 0 aromatic carbocycles. The summed E-state index contributed by atoms with van der Waals surface area (Å²) < 4.78 is 15.8. The van der Waals surface area contributed by atoms with Crippen LogP contribution < -0.4 is 0 Å². The van der Waals surface area contributed by atoms with Crippen LogP contribution in [0, 0.1) is 5.41 Å². The van der Waals surface area contributed by atoms with Gasteiger partial charge in [-0.25, -0.2) is 0 Å². The first-order valence-electron chi connectivity index (χ1n) is 5.86. The zero-order chi connectivity index (χ0) is 12.0. The second-order valence-electron chi connectivity index (χ2n) is 4.36. The van der Waals surface area contributed by atoms with Gasteiger partial charge in [0.2, 0.25) is 0 Å². The standard InChI is InChI=1S/C12H22O4/c1-4-12(2)10(13)9-11(12)16-8-7-15-6-5-14-3/h11H,4-9H2,1-3H3. The summed E-state index contributed by atoms with van der Waals surface area (Å²) in [6, 6.07) is 0. The molecule has 4 nitrogen and oxygen atoms in total. The van der Waals surface area contributed by atoms with Gasteiger partial charge in [-0.3, -0.25) is 4.79 Å². The largest absolute Gasteiger partial charge is 0.382 e. The SMILES string of the molecule is CCC1(C)C(=O)CC1OCCOCCOC. The highest BCUT2D eigenvalue weighted by Gasteiger charge is 2.50. The highest BCUT2D eigenvalue weighted by Crippen LogP contribution is 2.42. The molecule has 1 aliphatic carbocycles. The Morgan fingerprint density at radius 2 is 2.00 bits per heavy atom. The predicted octanol–water partition coefficient (Wildman–Crippen LogP) is 1.42. The lowest BCUT2D eigenvalue weighted by molar-refractivity contribution is -0.163. The van der Waals surface area contributed by atoms with E-state index < -0.39 is 0 Å². The van der Waals surface area contributed by atoms with Crippen molar-refractivity contribution in [3.63, 3.8) is 0 Å². The summed E-state index contributed by atoms with van der Waals surface area (Å²) >= 11 is 0. The van der Waals surface area contributed by atoms with E-state index in [0.717, 1.165) is 6.42 Å². The lowest BCUT2D eigenvalue weighted by Crippen LogP contribution is -2.53. The van der Waals surface area contributed by atoms with E-state index in [4.69, 9.17) is 14.2 Å². The topological polar surface area (TPSA) is 44.8 Å². The first-order chi connectivity index (χ1) is 7.65. The molecule has 0 radical (unpaired) electrons. The van der Waals surface area contributed by atoms with Crippen molar-refractivity contribution in [2.75, 3.05) is 33.5 Å². The number of hydrogen-bond donors (Lipinski definition) is 0. The van der Waals surface area contributed by atoms with E-state index in [0.29, 0.717) is 38.6 Å². The molecule has 0 bridgehead atoms. The van der Waals surface area contributed by atoms with Gasteiger partial charge in [0, 0.05) is 13.5 Å². The van der Waals surface area contributed by atoms with Gasteiger partial charge in [-0.15, -0.1) is 0 Å². The molecule has 0 N–H and O–H groups in total. The van der Waals surface area contributed by atoms with Crippen LogP contribution in [-0.4, -0.2) is 45.4 Å². The number of methoxy groups -OCH3 is 1. The Morgan fingerprint density at radius 1 is 1.31 bits per heavy atom. The third kappa shape index (κ3) is 3.03. The van der Waals surface area contributed by atoms with E-state index >= 15 is 0 Å². The third-order valence-corrected chi connectivity index (χ3v) is 3.43. The molecule has 1 fully saturated rings. The summed E-state index contributed by atoms with van der Waals surface area (Å²) in [4.78, 5) is 11.4. The molecular weight excluding hydrogens is 208 g/mol. The van der Waals surface area contributed by atoms with E-state index in [1.54, 1.807) is 7.11 Å². The molecule has 2 unspecified atom stereocenters. The smallest absolute Gasteiger partial charge is 0.143 e. The molecular formula is C12H22O4. The normalized spacial score (nSPS) is 29.2. The molecule has 0 heterocycles. The minimum Gasteiger partial charge on any atom is -0.382 e. The second kappa shape index (κ2) is 6.33. The minimum atomic E-state index is -0.257. The molecule has 4 heteroatoms. The Kier molecular flexibility index (Phi) is 5.38. The molecule has 0 aliphatic heterocycles. The number of ether oxygens (including phenoxy) is 3. The molecule has 1 saturated carbocycles. The number of ketones is 1. The van der Waals surface area contributed by atoms with Crippen molar-refractivity contribution >= 4 is 5.78 Å². The van der Waals surface area contributed by atoms with Crippen molar-refractivity contribution in [2.24, 2.45) is 5.41 Å². The van der Waals surface area contributed by atoms with Crippen LogP contribution in [0.15, 0.2) is 0 Å². The quantitative estimate of drug-likeness (QED) is 0.592. The van der Waals surface area contributed by atoms with E-state index in [2.05, 4.69) is 0 Å². The van der Waals surface area contributed by atoms with E-state index in [1.165, 1.54) is 0 Å². The highest BCUT2D eigenvalue weighted by molar-refractivity contribution is 5.91. The van der Waals surface area contributed by atoms with Crippen LogP contribution >= 0.6 is 0 Å². The lowest BCUT2D eigenvalue weighted by Gasteiger charge is -2.44. The fraction of sp³-hybridized carbons (Fsp3) is 0.917. The Bertz CT molecular complexity index is 229. The van der Waals surface area contributed by atoms with Gasteiger partial charge in [0.25, 0.3) is 0 Å². The number of Topliss-reactive ketones (excluding diaryl/α,β-unsaturated/α-hetero) is 1. The number of rotatable bonds is 8. The van der Waals surface area contributed by atoms with Crippen molar-refractivity contribution in [1.82, 2.24) is 0 Å². The molecule has 16 heavy (non-hydrogen) atoms. The fourth-order valence-corrected chi connectivity index (χ4v) is 1.84. The van der Waals surface area contributed by atoms with E-state index in [9.17, 15) is 4.79 Å². The van der Waals surface area contributed by atoms with Gasteiger partial charge >= 0.3 is 0 Å². The van der Waals surface area contributed by atoms with Gasteiger partial charge in [-0.05, 0) is 6.42 Å². The van der Waals surface area contributed by atoms with Crippen LogP contribution in [-0.2, 0) is 19.0 Å². The molecule has 1 rings (SSSR count).